The van der Waals surface area contributed by atoms with Gasteiger partial charge in [-0.2, -0.15) is 0 Å². The van der Waals surface area contributed by atoms with Gasteiger partial charge < -0.3 is 5.73 Å². The summed E-state index contributed by atoms with van der Waals surface area (Å²) >= 11 is 0. The Labute approximate surface area is 129 Å². The molecule has 5 heteroatoms. The van der Waals surface area contributed by atoms with E-state index in [1.165, 1.54) is 31.7 Å². The Morgan fingerprint density at radius 1 is 1.05 bits per heavy atom. The van der Waals surface area contributed by atoms with E-state index in [9.17, 15) is 8.42 Å². The summed E-state index contributed by atoms with van der Waals surface area (Å²) < 4.78 is 27.1. The molecular formula is C16H28N2O2S. The average Bonchev–Trinajstić information content (AvgIpc) is 2.43. The zero-order valence-corrected chi connectivity index (χ0v) is 14.2. The number of nitrogens with one attached hydrogen (secondary N) is 1. The molecule has 1 aromatic carbocycles. The summed E-state index contributed by atoms with van der Waals surface area (Å²) in [6.45, 7) is 6.44. The highest BCUT2D eigenvalue weighted by atomic mass is 32.2. The largest absolute Gasteiger partial charge is 0.398 e. The summed E-state index contributed by atoms with van der Waals surface area (Å²) in [5, 5.41) is 0. The van der Waals surface area contributed by atoms with Crippen molar-refractivity contribution in [3.05, 3.63) is 23.3 Å². The third kappa shape index (κ3) is 5.67. The number of aryl methyl sites for hydroxylation is 1. The van der Waals surface area contributed by atoms with Crippen molar-refractivity contribution in [3.63, 3.8) is 0 Å². The van der Waals surface area contributed by atoms with Gasteiger partial charge in [0.05, 0.1) is 4.90 Å². The lowest BCUT2D eigenvalue weighted by Crippen LogP contribution is -2.25. The second-order valence-electron chi connectivity index (χ2n) is 5.62. The molecule has 0 fully saturated rings. The second kappa shape index (κ2) is 8.39. The molecule has 0 saturated carbocycles. The molecule has 0 spiro atoms. The molecule has 0 unspecified atom stereocenters. The molecule has 4 nitrogen and oxygen atoms in total. The molecule has 0 aromatic heterocycles. The lowest BCUT2D eigenvalue weighted by molar-refractivity contribution is 0.567. The Kier molecular flexibility index (Phi) is 7.18. The molecular weight excluding hydrogens is 284 g/mol. The maximum Gasteiger partial charge on any atom is 0.240 e. The molecule has 1 aromatic rings. The van der Waals surface area contributed by atoms with Crippen molar-refractivity contribution in [1.82, 2.24) is 4.72 Å². The van der Waals surface area contributed by atoms with E-state index in [1.54, 1.807) is 6.07 Å². The first-order chi connectivity index (χ1) is 9.88. The number of anilines is 1. The number of rotatable bonds is 9. The second-order valence-corrected chi connectivity index (χ2v) is 7.39. The summed E-state index contributed by atoms with van der Waals surface area (Å²) in [5.41, 5.74) is 8.21. The number of hydrogen-bond donors (Lipinski definition) is 2. The number of nitrogens with two attached hydrogens (primary N) is 1. The molecule has 0 amide bonds. The molecule has 0 aliphatic carbocycles. The van der Waals surface area contributed by atoms with Gasteiger partial charge in [-0.25, -0.2) is 13.1 Å². The first-order valence-electron chi connectivity index (χ1n) is 7.75. The zero-order chi connectivity index (χ0) is 15.9. The maximum absolute atomic E-state index is 12.2. The van der Waals surface area contributed by atoms with Crippen molar-refractivity contribution >= 4 is 15.7 Å². The van der Waals surface area contributed by atoms with Crippen LogP contribution < -0.4 is 10.5 Å². The van der Waals surface area contributed by atoms with Crippen molar-refractivity contribution in [3.8, 4) is 0 Å². The Hall–Kier alpha value is -1.07. The smallest absolute Gasteiger partial charge is 0.240 e. The fraction of sp³-hybridized carbons (Fsp3) is 0.625. The van der Waals surface area contributed by atoms with Crippen molar-refractivity contribution in [2.45, 2.75) is 64.2 Å². The van der Waals surface area contributed by atoms with Crippen LogP contribution in [0.25, 0.3) is 0 Å². The third-order valence-corrected chi connectivity index (χ3v) is 5.25. The highest BCUT2D eigenvalue weighted by Gasteiger charge is 2.15. The van der Waals surface area contributed by atoms with E-state index in [0.717, 1.165) is 24.0 Å². The highest BCUT2D eigenvalue weighted by Crippen LogP contribution is 2.21. The van der Waals surface area contributed by atoms with Gasteiger partial charge in [-0.1, -0.05) is 39.0 Å². The molecule has 120 valence electrons. The Balaban J connectivity index is 2.51. The molecule has 0 aliphatic rings. The SMILES string of the molecule is CCCCCCCCNS(=O)(=O)c1cc(C)c(C)c(N)c1. The van der Waals surface area contributed by atoms with Crippen LogP contribution in [-0.2, 0) is 10.0 Å². The van der Waals surface area contributed by atoms with Gasteiger partial charge in [0, 0.05) is 12.2 Å². The van der Waals surface area contributed by atoms with Gasteiger partial charge in [0.2, 0.25) is 10.0 Å². The highest BCUT2D eigenvalue weighted by molar-refractivity contribution is 7.89. The van der Waals surface area contributed by atoms with Gasteiger partial charge in [-0.3, -0.25) is 0 Å². The van der Waals surface area contributed by atoms with E-state index < -0.39 is 10.0 Å². The van der Waals surface area contributed by atoms with Gasteiger partial charge >= 0.3 is 0 Å². The summed E-state index contributed by atoms with van der Waals surface area (Å²) in [4.78, 5) is 0.258. The van der Waals surface area contributed by atoms with Crippen LogP contribution in [0.3, 0.4) is 0 Å². The predicted molar refractivity (Wildman–Crippen MR) is 88.9 cm³/mol. The normalized spacial score (nSPS) is 11.8. The molecule has 0 radical (unpaired) electrons. The topological polar surface area (TPSA) is 72.2 Å². The summed E-state index contributed by atoms with van der Waals surface area (Å²) in [6, 6.07) is 3.21. The maximum atomic E-state index is 12.2. The number of sulfonamides is 1. The fourth-order valence-electron chi connectivity index (χ4n) is 2.20. The van der Waals surface area contributed by atoms with Crippen molar-refractivity contribution in [1.29, 1.82) is 0 Å². The van der Waals surface area contributed by atoms with Gasteiger partial charge in [0.1, 0.15) is 0 Å². The first-order valence-corrected chi connectivity index (χ1v) is 9.23. The van der Waals surface area contributed by atoms with Crippen LogP contribution in [-0.4, -0.2) is 15.0 Å². The monoisotopic (exact) mass is 312 g/mol. The predicted octanol–water partition coefficient (Wildman–Crippen LogP) is 3.52. The minimum atomic E-state index is -3.45. The van der Waals surface area contributed by atoms with Crippen LogP contribution >= 0.6 is 0 Å². The molecule has 21 heavy (non-hydrogen) atoms. The molecule has 3 N–H and O–H groups in total. The molecule has 0 atom stereocenters. The number of unbranched alkanes of at least 4 members (excludes halogenated alkanes) is 5. The van der Waals surface area contributed by atoms with Crippen LogP contribution in [0.15, 0.2) is 17.0 Å². The van der Waals surface area contributed by atoms with Crippen LogP contribution in [0.1, 0.15) is 56.6 Å². The number of hydrogen-bond acceptors (Lipinski definition) is 3. The Morgan fingerprint density at radius 2 is 1.67 bits per heavy atom. The van der Waals surface area contributed by atoms with Gasteiger partial charge in [-0.05, 0) is 43.5 Å². The molecule has 1 rings (SSSR count). The molecule has 0 heterocycles. The molecule has 0 bridgehead atoms. The number of nitrogen functional groups attached to an aromatic ring is 1. The van der Waals surface area contributed by atoms with E-state index in [1.807, 2.05) is 13.8 Å². The molecule has 0 aliphatic heterocycles. The van der Waals surface area contributed by atoms with Crippen LogP contribution in [0, 0.1) is 13.8 Å². The van der Waals surface area contributed by atoms with E-state index in [4.69, 9.17) is 5.73 Å². The van der Waals surface area contributed by atoms with E-state index in [0.29, 0.717) is 12.2 Å². The van der Waals surface area contributed by atoms with E-state index in [-0.39, 0.29) is 4.90 Å². The van der Waals surface area contributed by atoms with Crippen molar-refractivity contribution in [2.24, 2.45) is 0 Å². The molecule has 0 saturated heterocycles. The van der Waals surface area contributed by atoms with Crippen LogP contribution in [0.2, 0.25) is 0 Å². The minimum Gasteiger partial charge on any atom is -0.398 e. The minimum absolute atomic E-state index is 0.258. The Bertz CT molecular complexity index is 530. The quantitative estimate of drug-likeness (QED) is 0.541. The summed E-state index contributed by atoms with van der Waals surface area (Å²) in [5.74, 6) is 0. The van der Waals surface area contributed by atoms with E-state index >= 15 is 0 Å². The summed E-state index contributed by atoms with van der Waals surface area (Å²) in [7, 11) is -3.45. The first kappa shape index (κ1) is 18.0. The van der Waals surface area contributed by atoms with Gasteiger partial charge in [0.25, 0.3) is 0 Å². The van der Waals surface area contributed by atoms with Gasteiger partial charge in [0.15, 0.2) is 0 Å². The standard InChI is InChI=1S/C16H28N2O2S/c1-4-5-6-7-8-9-10-18-21(19,20)15-11-13(2)14(3)16(17)12-15/h11-12,18H,4-10,17H2,1-3H3. The van der Waals surface area contributed by atoms with Crippen LogP contribution in [0.4, 0.5) is 5.69 Å². The fourth-order valence-corrected chi connectivity index (χ4v) is 3.40. The lowest BCUT2D eigenvalue weighted by Gasteiger charge is -2.11. The Morgan fingerprint density at radius 3 is 2.29 bits per heavy atom. The van der Waals surface area contributed by atoms with Crippen molar-refractivity contribution < 1.29 is 8.42 Å². The van der Waals surface area contributed by atoms with Gasteiger partial charge in [-0.15, -0.1) is 0 Å². The van der Waals surface area contributed by atoms with Crippen LogP contribution in [0.5, 0.6) is 0 Å². The summed E-state index contributed by atoms with van der Waals surface area (Å²) in [6.07, 6.45) is 6.83. The average molecular weight is 312 g/mol. The lowest BCUT2D eigenvalue weighted by atomic mass is 10.1. The third-order valence-electron chi connectivity index (χ3n) is 3.81. The number of benzene rings is 1. The van der Waals surface area contributed by atoms with E-state index in [2.05, 4.69) is 11.6 Å². The van der Waals surface area contributed by atoms with Crippen molar-refractivity contribution in [2.75, 3.05) is 12.3 Å². The zero-order valence-electron chi connectivity index (χ0n) is 13.4.